The normalized spacial score (nSPS) is 13.6. The second-order valence-electron chi connectivity index (χ2n) is 7.64. The first kappa shape index (κ1) is 21.4. The number of hydrogen-bond donors (Lipinski definition) is 4. The van der Waals surface area contributed by atoms with Crippen LogP contribution in [0.4, 0.5) is 17.5 Å². The summed E-state index contributed by atoms with van der Waals surface area (Å²) in [4.78, 5) is 29.0. The largest absolute Gasteiger partial charge is 0.421 e. The zero-order chi connectivity index (χ0) is 23.5. The summed E-state index contributed by atoms with van der Waals surface area (Å²) in [5.41, 5.74) is 3.52. The van der Waals surface area contributed by atoms with E-state index in [0.29, 0.717) is 40.9 Å². The number of carbonyl (C=O) groups excluding carboxylic acids is 1. The number of aromatic nitrogens is 6. The minimum Gasteiger partial charge on any atom is -0.421 e. The van der Waals surface area contributed by atoms with Gasteiger partial charge in [0.25, 0.3) is 11.8 Å². The summed E-state index contributed by atoms with van der Waals surface area (Å²) in [5.74, 6) is 1.25. The van der Waals surface area contributed by atoms with E-state index in [4.69, 9.17) is 4.42 Å². The smallest absolute Gasteiger partial charge is 0.253 e. The highest BCUT2D eigenvalue weighted by Gasteiger charge is 2.20. The van der Waals surface area contributed by atoms with Crippen molar-refractivity contribution in [3.05, 3.63) is 65.7 Å². The molecule has 12 nitrogen and oxygen atoms in total. The Kier molecular flexibility index (Phi) is 5.79. The summed E-state index contributed by atoms with van der Waals surface area (Å²) in [6.45, 7) is 2.06. The summed E-state index contributed by atoms with van der Waals surface area (Å²) >= 11 is 0. The third kappa shape index (κ3) is 4.38. The molecule has 5 rings (SSSR count). The standard InChI is InChI=1S/C22H21N9O3/c1-12-30-31-21(34-12)17-9-26-22(27-15-2-3-16-13(6-15)4-5-25-20(16)33)29-19(17)28-18(10-32)14-7-23-11-24-8-14/h2-3,6-9,11,18,32H,4-5,10H2,1H3,(H,25,33)(H2,26,27,28,29). The van der Waals surface area contributed by atoms with Crippen LogP contribution in [0.15, 0.2) is 47.5 Å². The highest BCUT2D eigenvalue weighted by atomic mass is 16.4. The lowest BCUT2D eigenvalue weighted by atomic mass is 10.00. The van der Waals surface area contributed by atoms with Gasteiger partial charge in [-0.25, -0.2) is 15.0 Å². The Balaban J connectivity index is 1.48. The number of fused-ring (bicyclic) bond motifs is 1. The van der Waals surface area contributed by atoms with Gasteiger partial charge < -0.3 is 25.5 Å². The highest BCUT2D eigenvalue weighted by molar-refractivity contribution is 5.97. The van der Waals surface area contributed by atoms with Gasteiger partial charge >= 0.3 is 0 Å². The lowest BCUT2D eigenvalue weighted by molar-refractivity contribution is 0.0946. The number of amides is 1. The molecular formula is C22H21N9O3. The quantitative estimate of drug-likeness (QED) is 0.318. The van der Waals surface area contributed by atoms with Gasteiger partial charge in [0.15, 0.2) is 0 Å². The minimum absolute atomic E-state index is 0.0744. The van der Waals surface area contributed by atoms with E-state index in [9.17, 15) is 9.90 Å². The number of anilines is 3. The van der Waals surface area contributed by atoms with Crippen LogP contribution in [0.3, 0.4) is 0 Å². The number of aryl methyl sites for hydroxylation is 1. The van der Waals surface area contributed by atoms with Crippen molar-refractivity contribution in [3.63, 3.8) is 0 Å². The van der Waals surface area contributed by atoms with Crippen LogP contribution in [0.25, 0.3) is 11.5 Å². The molecule has 1 amide bonds. The zero-order valence-electron chi connectivity index (χ0n) is 18.2. The summed E-state index contributed by atoms with van der Waals surface area (Å²) in [7, 11) is 0. The summed E-state index contributed by atoms with van der Waals surface area (Å²) in [6, 6.07) is 4.96. The first-order valence-electron chi connectivity index (χ1n) is 10.6. The molecule has 1 aliphatic rings. The summed E-state index contributed by atoms with van der Waals surface area (Å²) in [6.07, 6.45) is 6.95. The molecule has 0 spiro atoms. The molecule has 4 heterocycles. The maximum atomic E-state index is 12.0. The average molecular weight is 459 g/mol. The zero-order valence-corrected chi connectivity index (χ0v) is 18.2. The van der Waals surface area contributed by atoms with Crippen molar-refractivity contribution in [3.8, 4) is 11.5 Å². The predicted molar refractivity (Wildman–Crippen MR) is 121 cm³/mol. The van der Waals surface area contributed by atoms with Gasteiger partial charge in [-0.05, 0) is 30.2 Å². The van der Waals surface area contributed by atoms with Crippen molar-refractivity contribution in [1.29, 1.82) is 0 Å². The molecule has 0 radical (unpaired) electrons. The SMILES string of the molecule is Cc1nnc(-c2cnc(Nc3ccc4c(c3)CCNC4=O)nc2NC(CO)c2cncnc2)o1. The molecule has 1 unspecified atom stereocenters. The van der Waals surface area contributed by atoms with E-state index >= 15 is 0 Å². The van der Waals surface area contributed by atoms with Crippen molar-refractivity contribution in [2.75, 3.05) is 23.8 Å². The van der Waals surface area contributed by atoms with Crippen LogP contribution < -0.4 is 16.0 Å². The van der Waals surface area contributed by atoms with Crippen molar-refractivity contribution in [2.45, 2.75) is 19.4 Å². The van der Waals surface area contributed by atoms with Crippen LogP contribution in [-0.4, -0.2) is 54.3 Å². The van der Waals surface area contributed by atoms with Crippen LogP contribution in [-0.2, 0) is 6.42 Å². The first-order chi connectivity index (χ1) is 16.6. The maximum Gasteiger partial charge on any atom is 0.253 e. The third-order valence-electron chi connectivity index (χ3n) is 5.31. The fourth-order valence-corrected chi connectivity index (χ4v) is 3.64. The van der Waals surface area contributed by atoms with Crippen molar-refractivity contribution in [2.24, 2.45) is 0 Å². The Morgan fingerprint density at radius 2 is 2.03 bits per heavy atom. The van der Waals surface area contributed by atoms with Crippen LogP contribution >= 0.6 is 0 Å². The highest BCUT2D eigenvalue weighted by Crippen LogP contribution is 2.30. The van der Waals surface area contributed by atoms with Gasteiger partial charge in [0.05, 0.1) is 18.2 Å². The summed E-state index contributed by atoms with van der Waals surface area (Å²) < 4.78 is 5.57. The van der Waals surface area contributed by atoms with Gasteiger partial charge in [0, 0.05) is 48.9 Å². The molecular weight excluding hydrogens is 438 g/mol. The molecule has 0 fully saturated rings. The molecule has 0 saturated carbocycles. The molecule has 1 aliphatic heterocycles. The number of benzene rings is 1. The van der Waals surface area contributed by atoms with Gasteiger partial charge in [-0.1, -0.05) is 0 Å². The van der Waals surface area contributed by atoms with Crippen molar-refractivity contribution >= 4 is 23.4 Å². The Labute approximate surface area is 193 Å². The average Bonchev–Trinajstić information content (AvgIpc) is 3.29. The Hall–Kier alpha value is -4.45. The topological polar surface area (TPSA) is 164 Å². The van der Waals surface area contributed by atoms with Crippen LogP contribution in [0, 0.1) is 6.92 Å². The lowest BCUT2D eigenvalue weighted by Gasteiger charge is -2.19. The van der Waals surface area contributed by atoms with E-state index in [1.807, 2.05) is 6.07 Å². The molecule has 3 aromatic heterocycles. The molecule has 0 aliphatic carbocycles. The molecule has 0 bridgehead atoms. The van der Waals surface area contributed by atoms with E-state index in [1.165, 1.54) is 6.33 Å². The van der Waals surface area contributed by atoms with Gasteiger partial charge in [-0.15, -0.1) is 10.2 Å². The molecule has 34 heavy (non-hydrogen) atoms. The molecule has 4 aromatic rings. The lowest BCUT2D eigenvalue weighted by Crippen LogP contribution is -2.31. The maximum absolute atomic E-state index is 12.0. The van der Waals surface area contributed by atoms with Gasteiger partial charge in [-0.2, -0.15) is 4.98 Å². The van der Waals surface area contributed by atoms with Crippen molar-refractivity contribution in [1.82, 2.24) is 35.5 Å². The number of aliphatic hydroxyl groups is 1. The van der Waals surface area contributed by atoms with Crippen molar-refractivity contribution < 1.29 is 14.3 Å². The number of rotatable bonds is 7. The van der Waals surface area contributed by atoms with Crippen LogP contribution in [0.1, 0.15) is 33.4 Å². The molecule has 1 atom stereocenters. The number of hydrogen-bond acceptors (Lipinski definition) is 11. The fraction of sp³-hybridized carbons (Fsp3) is 0.227. The van der Waals surface area contributed by atoms with E-state index in [1.54, 1.807) is 37.6 Å². The van der Waals surface area contributed by atoms with E-state index in [2.05, 4.69) is 46.1 Å². The summed E-state index contributed by atoms with van der Waals surface area (Å²) in [5, 5.41) is 27.1. The molecule has 4 N–H and O–H groups in total. The third-order valence-corrected chi connectivity index (χ3v) is 5.31. The van der Waals surface area contributed by atoms with Crippen LogP contribution in [0.5, 0.6) is 0 Å². The number of aliphatic hydroxyl groups excluding tert-OH is 1. The van der Waals surface area contributed by atoms with Gasteiger partial charge in [0.2, 0.25) is 11.8 Å². The second kappa shape index (κ2) is 9.19. The number of carbonyl (C=O) groups is 1. The number of nitrogens with zero attached hydrogens (tertiary/aromatic N) is 6. The predicted octanol–water partition coefficient (Wildman–Crippen LogP) is 1.80. The molecule has 0 saturated heterocycles. The minimum atomic E-state index is -0.533. The van der Waals surface area contributed by atoms with Gasteiger partial charge in [0.1, 0.15) is 12.1 Å². The van der Waals surface area contributed by atoms with Crippen LogP contribution in [0.2, 0.25) is 0 Å². The van der Waals surface area contributed by atoms with Gasteiger partial charge in [-0.3, -0.25) is 4.79 Å². The monoisotopic (exact) mass is 459 g/mol. The number of nitrogens with one attached hydrogen (secondary N) is 3. The molecule has 172 valence electrons. The Bertz CT molecular complexity index is 1330. The Morgan fingerprint density at radius 1 is 1.18 bits per heavy atom. The fourth-order valence-electron chi connectivity index (χ4n) is 3.64. The molecule has 1 aromatic carbocycles. The van der Waals surface area contributed by atoms with E-state index < -0.39 is 6.04 Å². The molecule has 12 heteroatoms. The second-order valence-corrected chi connectivity index (χ2v) is 7.64. The Morgan fingerprint density at radius 3 is 2.79 bits per heavy atom. The van der Waals surface area contributed by atoms with E-state index in [-0.39, 0.29) is 18.4 Å². The first-order valence-corrected chi connectivity index (χ1v) is 10.6. The van der Waals surface area contributed by atoms with E-state index in [0.717, 1.165) is 17.7 Å².